The lowest BCUT2D eigenvalue weighted by molar-refractivity contribution is -0.118. The summed E-state index contributed by atoms with van der Waals surface area (Å²) in [5.74, 6) is 0.590. The Labute approximate surface area is 166 Å². The second-order valence-electron chi connectivity index (χ2n) is 7.77. The van der Waals surface area contributed by atoms with Crippen LogP contribution in [0.15, 0.2) is 48.5 Å². The van der Waals surface area contributed by atoms with Crippen molar-refractivity contribution in [3.63, 3.8) is 0 Å². The molecule has 1 aliphatic rings. The number of hydrogen-bond donors (Lipinski definition) is 0. The third kappa shape index (κ3) is 3.21. The number of aromatic nitrogens is 3. The molecule has 144 valence electrons. The van der Waals surface area contributed by atoms with E-state index in [1.165, 1.54) is 0 Å². The molecule has 0 atom stereocenters. The van der Waals surface area contributed by atoms with Gasteiger partial charge in [-0.1, -0.05) is 68.4 Å². The zero-order valence-electron chi connectivity index (χ0n) is 16.7. The number of fused-ring (bicyclic) bond motifs is 5. The fourth-order valence-electron chi connectivity index (χ4n) is 3.86. The van der Waals surface area contributed by atoms with Crippen LogP contribution in [-0.4, -0.2) is 20.9 Å². The van der Waals surface area contributed by atoms with Gasteiger partial charge in [-0.25, -0.2) is 4.68 Å². The van der Waals surface area contributed by atoms with Gasteiger partial charge in [0.25, 0.3) is 0 Å². The molecule has 5 heteroatoms. The van der Waals surface area contributed by atoms with Crippen molar-refractivity contribution in [2.24, 2.45) is 5.92 Å². The minimum absolute atomic E-state index is 0.149. The minimum Gasteiger partial charge on any atom is -0.307 e. The Hall–Kier alpha value is -2.95. The van der Waals surface area contributed by atoms with Crippen molar-refractivity contribution < 1.29 is 4.79 Å². The van der Waals surface area contributed by atoms with Gasteiger partial charge in [0.1, 0.15) is 5.69 Å². The minimum atomic E-state index is 0.149. The SMILES string of the molecule is CCCC(=O)N1Cc2ccccc2-c2nnn(CC(C)C)c2-c2ccccc21. The fraction of sp³-hybridized carbons (Fsp3) is 0.348. The lowest BCUT2D eigenvalue weighted by atomic mass is 9.95. The fourth-order valence-corrected chi connectivity index (χ4v) is 3.86. The van der Waals surface area contributed by atoms with Crippen molar-refractivity contribution in [1.82, 2.24) is 15.0 Å². The first-order valence-corrected chi connectivity index (χ1v) is 10.0. The summed E-state index contributed by atoms with van der Waals surface area (Å²) in [6, 6.07) is 16.3. The number of nitrogens with zero attached hydrogens (tertiary/aromatic N) is 4. The van der Waals surface area contributed by atoms with E-state index in [0.717, 1.165) is 46.7 Å². The quantitative estimate of drug-likeness (QED) is 0.652. The van der Waals surface area contributed by atoms with Gasteiger partial charge in [-0.05, 0) is 24.0 Å². The number of hydrogen-bond acceptors (Lipinski definition) is 3. The van der Waals surface area contributed by atoms with Gasteiger partial charge in [-0.2, -0.15) is 0 Å². The van der Waals surface area contributed by atoms with Crippen molar-refractivity contribution in [3.8, 4) is 22.5 Å². The van der Waals surface area contributed by atoms with E-state index in [-0.39, 0.29) is 5.91 Å². The van der Waals surface area contributed by atoms with Crippen molar-refractivity contribution in [3.05, 3.63) is 54.1 Å². The van der Waals surface area contributed by atoms with E-state index in [2.05, 4.69) is 42.4 Å². The van der Waals surface area contributed by atoms with Gasteiger partial charge in [-0.15, -0.1) is 5.10 Å². The van der Waals surface area contributed by atoms with Gasteiger partial charge in [0.15, 0.2) is 0 Å². The van der Waals surface area contributed by atoms with E-state index in [0.29, 0.717) is 18.9 Å². The van der Waals surface area contributed by atoms with Gasteiger partial charge in [0.2, 0.25) is 5.91 Å². The van der Waals surface area contributed by atoms with Crippen LogP contribution >= 0.6 is 0 Å². The van der Waals surface area contributed by atoms with Gasteiger partial charge in [0, 0.05) is 24.1 Å². The van der Waals surface area contributed by atoms with Crippen molar-refractivity contribution in [2.45, 2.75) is 46.7 Å². The monoisotopic (exact) mass is 374 g/mol. The Kier molecular flexibility index (Phi) is 4.99. The second kappa shape index (κ2) is 7.58. The van der Waals surface area contributed by atoms with E-state index in [4.69, 9.17) is 0 Å². The van der Waals surface area contributed by atoms with Gasteiger partial charge in [-0.3, -0.25) is 4.79 Å². The highest BCUT2D eigenvalue weighted by atomic mass is 16.2. The molecule has 0 aliphatic carbocycles. The van der Waals surface area contributed by atoms with Crippen LogP contribution in [0.2, 0.25) is 0 Å². The lowest BCUT2D eigenvalue weighted by Crippen LogP contribution is -2.31. The van der Waals surface area contributed by atoms with E-state index >= 15 is 0 Å². The van der Waals surface area contributed by atoms with E-state index in [1.54, 1.807) is 0 Å². The highest BCUT2D eigenvalue weighted by Crippen LogP contribution is 2.41. The van der Waals surface area contributed by atoms with Crippen LogP contribution in [0.1, 0.15) is 39.2 Å². The summed E-state index contributed by atoms with van der Waals surface area (Å²) in [7, 11) is 0. The number of carbonyl (C=O) groups is 1. The smallest absolute Gasteiger partial charge is 0.227 e. The molecule has 0 bridgehead atoms. The summed E-state index contributed by atoms with van der Waals surface area (Å²) in [4.78, 5) is 15.0. The molecule has 28 heavy (non-hydrogen) atoms. The third-order valence-corrected chi connectivity index (χ3v) is 5.09. The maximum Gasteiger partial charge on any atom is 0.227 e. The van der Waals surface area contributed by atoms with Crippen molar-refractivity contribution in [2.75, 3.05) is 4.90 Å². The van der Waals surface area contributed by atoms with Crippen LogP contribution in [-0.2, 0) is 17.9 Å². The molecule has 0 fully saturated rings. The van der Waals surface area contributed by atoms with Crippen LogP contribution in [0.5, 0.6) is 0 Å². The van der Waals surface area contributed by atoms with Crippen LogP contribution in [0.25, 0.3) is 22.5 Å². The number of rotatable bonds is 4. The maximum absolute atomic E-state index is 13.0. The first-order valence-electron chi connectivity index (χ1n) is 10.0. The second-order valence-corrected chi connectivity index (χ2v) is 7.77. The van der Waals surface area contributed by atoms with Crippen LogP contribution < -0.4 is 4.90 Å². The highest BCUT2D eigenvalue weighted by Gasteiger charge is 2.28. The Morgan fingerprint density at radius 3 is 2.54 bits per heavy atom. The standard InChI is InChI=1S/C23H26N4O/c1-4-9-21(28)26-15-17-10-5-6-11-18(17)22-23(19-12-7-8-13-20(19)26)27(25-24-22)14-16(2)3/h5-8,10-13,16H,4,9,14-15H2,1-3H3. The summed E-state index contributed by atoms with van der Waals surface area (Å²) >= 11 is 0. The first kappa shape index (κ1) is 18.4. The Balaban J connectivity index is 2.00. The molecule has 1 amide bonds. The molecule has 5 nitrogen and oxygen atoms in total. The summed E-state index contributed by atoms with van der Waals surface area (Å²) in [5.41, 5.74) is 5.98. The summed E-state index contributed by atoms with van der Waals surface area (Å²) in [5, 5.41) is 9.06. The summed E-state index contributed by atoms with van der Waals surface area (Å²) < 4.78 is 1.99. The van der Waals surface area contributed by atoms with Crippen LogP contribution in [0.3, 0.4) is 0 Å². The Morgan fingerprint density at radius 2 is 1.79 bits per heavy atom. The number of para-hydroxylation sites is 1. The zero-order chi connectivity index (χ0) is 19.7. The van der Waals surface area contributed by atoms with Crippen LogP contribution in [0.4, 0.5) is 5.69 Å². The number of anilines is 1. The number of carbonyl (C=O) groups excluding carboxylic acids is 1. The molecule has 3 aromatic rings. The molecule has 0 radical (unpaired) electrons. The predicted molar refractivity (Wildman–Crippen MR) is 112 cm³/mol. The Bertz CT molecular complexity index is 1010. The third-order valence-electron chi connectivity index (χ3n) is 5.09. The molecular weight excluding hydrogens is 348 g/mol. The van der Waals surface area contributed by atoms with E-state index in [9.17, 15) is 4.79 Å². The molecule has 1 aromatic heterocycles. The number of benzene rings is 2. The van der Waals surface area contributed by atoms with Gasteiger partial charge < -0.3 is 4.90 Å². The predicted octanol–water partition coefficient (Wildman–Crippen LogP) is 4.91. The average Bonchev–Trinajstić information content (AvgIpc) is 3.07. The highest BCUT2D eigenvalue weighted by molar-refractivity contribution is 6.00. The first-order chi connectivity index (χ1) is 13.6. The Morgan fingerprint density at radius 1 is 1.07 bits per heavy atom. The molecule has 2 heterocycles. The average molecular weight is 374 g/mol. The lowest BCUT2D eigenvalue weighted by Gasteiger charge is -2.28. The largest absolute Gasteiger partial charge is 0.307 e. The van der Waals surface area contributed by atoms with Gasteiger partial charge in [0.05, 0.1) is 17.9 Å². The summed E-state index contributed by atoms with van der Waals surface area (Å²) in [6.45, 7) is 7.72. The van der Waals surface area contributed by atoms with E-state index in [1.807, 2.05) is 46.8 Å². The molecule has 0 N–H and O–H groups in total. The molecule has 2 aromatic carbocycles. The van der Waals surface area contributed by atoms with Crippen LogP contribution in [0, 0.1) is 5.92 Å². The number of amides is 1. The van der Waals surface area contributed by atoms with Crippen molar-refractivity contribution in [1.29, 1.82) is 0 Å². The van der Waals surface area contributed by atoms with Crippen molar-refractivity contribution >= 4 is 11.6 Å². The molecule has 1 aliphatic heterocycles. The molecule has 0 unspecified atom stereocenters. The molecule has 0 saturated heterocycles. The zero-order valence-corrected chi connectivity index (χ0v) is 16.7. The molecule has 0 saturated carbocycles. The maximum atomic E-state index is 13.0. The van der Waals surface area contributed by atoms with E-state index < -0.39 is 0 Å². The molecule has 0 spiro atoms. The summed E-state index contributed by atoms with van der Waals surface area (Å²) in [6.07, 6.45) is 1.37. The topological polar surface area (TPSA) is 51.0 Å². The molecule has 4 rings (SSSR count). The van der Waals surface area contributed by atoms with Gasteiger partial charge >= 0.3 is 0 Å². The normalized spacial score (nSPS) is 12.8. The molecular formula is C23H26N4O.